The monoisotopic (exact) mass is 227 g/mol. The molecule has 0 saturated carbocycles. The van der Waals surface area contributed by atoms with Crippen LogP contribution in [0.1, 0.15) is 31.9 Å². The van der Waals surface area contributed by atoms with Crippen molar-refractivity contribution in [3.63, 3.8) is 0 Å². The molecule has 0 radical (unpaired) electrons. The van der Waals surface area contributed by atoms with Gasteiger partial charge in [0.1, 0.15) is 0 Å². The van der Waals surface area contributed by atoms with Gasteiger partial charge in [-0.25, -0.2) is 4.79 Å². The van der Waals surface area contributed by atoms with Crippen molar-refractivity contribution >= 4 is 12.2 Å². The molecule has 0 aliphatic rings. The van der Waals surface area contributed by atoms with E-state index in [1.165, 1.54) is 0 Å². The molecule has 0 atom stereocenters. The quantitative estimate of drug-likeness (QED) is 0.436. The molecule has 1 aromatic carbocycles. The molecule has 2 heteroatoms. The van der Waals surface area contributed by atoms with Gasteiger partial charge in [0.25, 0.3) is 0 Å². The summed E-state index contributed by atoms with van der Waals surface area (Å²) in [6, 6.07) is 7.93. The molecule has 0 aliphatic heterocycles. The summed E-state index contributed by atoms with van der Waals surface area (Å²) in [7, 11) is 0. The maximum absolute atomic E-state index is 10.4. The van der Waals surface area contributed by atoms with Gasteiger partial charge in [0.05, 0.1) is 5.54 Å². The van der Waals surface area contributed by atoms with Gasteiger partial charge >= 0.3 is 0 Å². The van der Waals surface area contributed by atoms with E-state index in [-0.39, 0.29) is 0 Å². The van der Waals surface area contributed by atoms with Crippen LogP contribution in [0.15, 0.2) is 47.5 Å². The predicted octanol–water partition coefficient (Wildman–Crippen LogP) is 3.85. The number of rotatable bonds is 4. The van der Waals surface area contributed by atoms with Gasteiger partial charge in [0, 0.05) is 0 Å². The standard InChI is InChI=1S/C15H17NO/c1-12(2)8-9-13-6-5-7-14(10-13)15(3,4)16-11-17/h5-10H,1H2,2-4H3. The highest BCUT2D eigenvalue weighted by molar-refractivity contribution is 5.54. The van der Waals surface area contributed by atoms with Gasteiger partial charge in [0.15, 0.2) is 0 Å². The van der Waals surface area contributed by atoms with E-state index in [9.17, 15) is 4.79 Å². The van der Waals surface area contributed by atoms with Crippen molar-refractivity contribution in [2.24, 2.45) is 4.99 Å². The second-order valence-electron chi connectivity index (χ2n) is 4.57. The van der Waals surface area contributed by atoms with Crippen molar-refractivity contribution in [3.8, 4) is 0 Å². The van der Waals surface area contributed by atoms with E-state index in [1.807, 2.05) is 57.2 Å². The van der Waals surface area contributed by atoms with E-state index < -0.39 is 5.54 Å². The second-order valence-corrected chi connectivity index (χ2v) is 4.57. The van der Waals surface area contributed by atoms with Crippen molar-refractivity contribution in [3.05, 3.63) is 53.6 Å². The fourth-order valence-electron chi connectivity index (χ4n) is 1.44. The highest BCUT2D eigenvalue weighted by Crippen LogP contribution is 2.25. The first-order valence-corrected chi connectivity index (χ1v) is 5.49. The molecule has 1 rings (SSSR count). The van der Waals surface area contributed by atoms with Gasteiger partial charge in [-0.3, -0.25) is 0 Å². The molecule has 0 fully saturated rings. The van der Waals surface area contributed by atoms with E-state index in [1.54, 1.807) is 6.08 Å². The molecule has 1 aromatic rings. The molecule has 0 heterocycles. The van der Waals surface area contributed by atoms with Gasteiger partial charge in [0.2, 0.25) is 6.08 Å². The van der Waals surface area contributed by atoms with E-state index in [0.29, 0.717) is 0 Å². The maximum Gasteiger partial charge on any atom is 0.235 e. The van der Waals surface area contributed by atoms with Crippen LogP contribution in [0.5, 0.6) is 0 Å². The number of hydrogen-bond donors (Lipinski definition) is 0. The number of isocyanates is 1. The smallest absolute Gasteiger partial charge is 0.211 e. The average molecular weight is 227 g/mol. The van der Waals surface area contributed by atoms with Crippen LogP contribution in [0, 0.1) is 0 Å². The normalized spacial score (nSPS) is 11.2. The predicted molar refractivity (Wildman–Crippen MR) is 71.4 cm³/mol. The van der Waals surface area contributed by atoms with Crippen LogP contribution >= 0.6 is 0 Å². The van der Waals surface area contributed by atoms with Crippen LogP contribution in [0.3, 0.4) is 0 Å². The molecule has 0 amide bonds. The molecule has 0 bridgehead atoms. The minimum absolute atomic E-state index is 0.533. The Morgan fingerprint density at radius 2 is 2.18 bits per heavy atom. The Labute approximate surface area is 102 Å². The lowest BCUT2D eigenvalue weighted by Gasteiger charge is -2.18. The maximum atomic E-state index is 10.4. The molecule has 2 nitrogen and oxygen atoms in total. The first-order valence-electron chi connectivity index (χ1n) is 5.49. The molecule has 0 aromatic heterocycles. The average Bonchev–Trinajstić information content (AvgIpc) is 2.27. The van der Waals surface area contributed by atoms with Crippen molar-refractivity contribution < 1.29 is 4.79 Å². The van der Waals surface area contributed by atoms with E-state index in [0.717, 1.165) is 16.7 Å². The van der Waals surface area contributed by atoms with E-state index in [4.69, 9.17) is 0 Å². The third kappa shape index (κ3) is 3.86. The summed E-state index contributed by atoms with van der Waals surface area (Å²) in [4.78, 5) is 14.2. The molecular formula is C15H17NO. The fraction of sp³-hybridized carbons (Fsp3) is 0.267. The molecule has 0 N–H and O–H groups in total. The number of hydrogen-bond acceptors (Lipinski definition) is 2. The van der Waals surface area contributed by atoms with Crippen LogP contribution in [-0.2, 0) is 10.3 Å². The van der Waals surface area contributed by atoms with Crippen LogP contribution in [0.25, 0.3) is 6.08 Å². The Morgan fingerprint density at radius 1 is 1.47 bits per heavy atom. The van der Waals surface area contributed by atoms with Gasteiger partial charge in [-0.05, 0) is 38.0 Å². The number of nitrogens with zero attached hydrogens (tertiary/aromatic N) is 1. The zero-order valence-corrected chi connectivity index (χ0v) is 10.5. The number of carbonyl (C=O) groups excluding carboxylic acids is 1. The Bertz CT molecular complexity index is 491. The van der Waals surface area contributed by atoms with Crippen molar-refractivity contribution in [2.75, 3.05) is 0 Å². The Hall–Kier alpha value is -1.92. The SMILES string of the molecule is C=C(C)C=Cc1cccc(C(C)(C)N=C=O)c1. The zero-order chi connectivity index (χ0) is 12.9. The molecule has 0 saturated heterocycles. The first-order chi connectivity index (χ1) is 7.95. The lowest BCUT2D eigenvalue weighted by molar-refractivity contribution is 0.523. The Kier molecular flexibility index (Phi) is 4.19. The third-order valence-corrected chi connectivity index (χ3v) is 2.48. The second kappa shape index (κ2) is 5.42. The molecular weight excluding hydrogens is 210 g/mol. The fourth-order valence-corrected chi connectivity index (χ4v) is 1.44. The Balaban J connectivity index is 3.09. The molecule has 88 valence electrons. The van der Waals surface area contributed by atoms with Gasteiger partial charge in [-0.1, -0.05) is 42.5 Å². The summed E-state index contributed by atoms with van der Waals surface area (Å²) < 4.78 is 0. The van der Waals surface area contributed by atoms with Crippen LogP contribution in [-0.4, -0.2) is 6.08 Å². The molecule has 0 unspecified atom stereocenters. The van der Waals surface area contributed by atoms with Crippen LogP contribution in [0.2, 0.25) is 0 Å². The third-order valence-electron chi connectivity index (χ3n) is 2.48. The Morgan fingerprint density at radius 3 is 2.76 bits per heavy atom. The summed E-state index contributed by atoms with van der Waals surface area (Å²) in [5.74, 6) is 0. The number of benzene rings is 1. The summed E-state index contributed by atoms with van der Waals surface area (Å²) in [5, 5.41) is 0. The van der Waals surface area contributed by atoms with E-state index in [2.05, 4.69) is 11.6 Å². The summed E-state index contributed by atoms with van der Waals surface area (Å²) in [6.45, 7) is 9.54. The topological polar surface area (TPSA) is 29.4 Å². The lowest BCUT2D eigenvalue weighted by atomic mass is 9.93. The van der Waals surface area contributed by atoms with Gasteiger partial charge < -0.3 is 0 Å². The first kappa shape index (κ1) is 13.1. The summed E-state index contributed by atoms with van der Waals surface area (Å²) in [6.07, 6.45) is 5.57. The summed E-state index contributed by atoms with van der Waals surface area (Å²) >= 11 is 0. The van der Waals surface area contributed by atoms with Crippen molar-refractivity contribution in [2.45, 2.75) is 26.3 Å². The summed E-state index contributed by atoms with van der Waals surface area (Å²) in [5.41, 5.74) is 2.53. The van der Waals surface area contributed by atoms with Gasteiger partial charge in [-0.15, -0.1) is 0 Å². The van der Waals surface area contributed by atoms with Gasteiger partial charge in [-0.2, -0.15) is 4.99 Å². The van der Waals surface area contributed by atoms with Crippen LogP contribution in [0.4, 0.5) is 0 Å². The van der Waals surface area contributed by atoms with Crippen molar-refractivity contribution in [1.82, 2.24) is 0 Å². The van der Waals surface area contributed by atoms with Crippen molar-refractivity contribution in [1.29, 1.82) is 0 Å². The van der Waals surface area contributed by atoms with E-state index >= 15 is 0 Å². The number of allylic oxidation sites excluding steroid dienone is 2. The minimum atomic E-state index is -0.533. The van der Waals surface area contributed by atoms with Crippen LogP contribution < -0.4 is 0 Å². The minimum Gasteiger partial charge on any atom is -0.211 e. The highest BCUT2D eigenvalue weighted by atomic mass is 16.1. The lowest BCUT2D eigenvalue weighted by Crippen LogP contribution is -2.13. The number of aliphatic imine (C=N–C) groups is 1. The molecule has 0 spiro atoms. The molecule has 0 aliphatic carbocycles. The largest absolute Gasteiger partial charge is 0.235 e. The highest BCUT2D eigenvalue weighted by Gasteiger charge is 2.18. The molecule has 17 heavy (non-hydrogen) atoms. The zero-order valence-electron chi connectivity index (χ0n) is 10.5.